The van der Waals surface area contributed by atoms with Gasteiger partial charge in [0.15, 0.2) is 0 Å². The molecule has 1 aliphatic heterocycles. The van der Waals surface area contributed by atoms with Crippen LogP contribution in [0, 0.1) is 0 Å². The molecule has 2 atom stereocenters. The molecule has 0 amide bonds. The summed E-state index contributed by atoms with van der Waals surface area (Å²) in [6, 6.07) is 17.6. The largest absolute Gasteiger partial charge is 0.395 e. The fourth-order valence-corrected chi connectivity index (χ4v) is 5.03. The molecule has 0 saturated carbocycles. The minimum Gasteiger partial charge on any atom is -0.395 e. The van der Waals surface area contributed by atoms with Crippen LogP contribution in [0.5, 0.6) is 0 Å². The van der Waals surface area contributed by atoms with Crippen molar-refractivity contribution in [3.8, 4) is 0 Å². The second-order valence-corrected chi connectivity index (χ2v) is 9.09. The van der Waals surface area contributed by atoms with Crippen molar-refractivity contribution in [1.82, 2.24) is 9.21 Å². The lowest BCUT2D eigenvalue weighted by atomic mass is 9.99. The average Bonchev–Trinajstić information content (AvgIpc) is 2.99. The van der Waals surface area contributed by atoms with Crippen LogP contribution in [0.4, 0.5) is 0 Å². The van der Waals surface area contributed by atoms with E-state index in [1.165, 1.54) is 12.1 Å². The number of sulfonamides is 1. The molecule has 0 unspecified atom stereocenters. The van der Waals surface area contributed by atoms with E-state index < -0.39 is 21.7 Å². The molecular formula is C20H26N2O5S. The molecule has 2 aromatic carbocycles. The Labute approximate surface area is 165 Å². The maximum atomic E-state index is 12.8. The number of nitrogens with zero attached hydrogens (tertiary/aromatic N) is 2. The Hall–Kier alpha value is -1.81. The first kappa shape index (κ1) is 20.9. The highest BCUT2D eigenvalue weighted by molar-refractivity contribution is 7.89. The van der Waals surface area contributed by atoms with E-state index in [1.807, 2.05) is 35.2 Å². The minimum atomic E-state index is -3.80. The van der Waals surface area contributed by atoms with Crippen molar-refractivity contribution in [2.45, 2.75) is 23.1 Å². The van der Waals surface area contributed by atoms with Crippen molar-refractivity contribution in [2.75, 3.05) is 32.8 Å². The monoisotopic (exact) mass is 406 g/mol. The number of β-amino-alcohol motifs (C(OH)–C–C–N with tert-alkyl or cyclic N) is 2. The summed E-state index contributed by atoms with van der Waals surface area (Å²) in [7, 11) is -3.80. The maximum absolute atomic E-state index is 12.8. The van der Waals surface area contributed by atoms with Crippen molar-refractivity contribution in [3.05, 3.63) is 66.2 Å². The van der Waals surface area contributed by atoms with Crippen LogP contribution < -0.4 is 0 Å². The molecular weight excluding hydrogens is 380 g/mol. The van der Waals surface area contributed by atoms with Gasteiger partial charge in [0, 0.05) is 32.7 Å². The van der Waals surface area contributed by atoms with Gasteiger partial charge in [-0.3, -0.25) is 4.90 Å². The number of hydrogen-bond donors (Lipinski definition) is 3. The van der Waals surface area contributed by atoms with E-state index in [4.69, 9.17) is 0 Å². The van der Waals surface area contributed by atoms with E-state index in [-0.39, 0.29) is 31.1 Å². The van der Waals surface area contributed by atoms with Gasteiger partial charge in [-0.05, 0) is 17.7 Å². The molecule has 0 radical (unpaired) electrons. The summed E-state index contributed by atoms with van der Waals surface area (Å²) in [5, 5.41) is 30.9. The van der Waals surface area contributed by atoms with Gasteiger partial charge in [-0.2, -0.15) is 4.31 Å². The van der Waals surface area contributed by atoms with Crippen molar-refractivity contribution >= 4 is 10.0 Å². The Balaban J connectivity index is 1.75. The predicted molar refractivity (Wildman–Crippen MR) is 105 cm³/mol. The first-order valence-electron chi connectivity index (χ1n) is 9.18. The zero-order chi connectivity index (χ0) is 20.2. The number of hydrogen-bond acceptors (Lipinski definition) is 6. The van der Waals surface area contributed by atoms with Crippen molar-refractivity contribution < 1.29 is 23.7 Å². The van der Waals surface area contributed by atoms with Crippen LogP contribution >= 0.6 is 0 Å². The van der Waals surface area contributed by atoms with E-state index in [0.717, 1.165) is 9.87 Å². The van der Waals surface area contributed by atoms with Gasteiger partial charge < -0.3 is 15.3 Å². The molecule has 0 aliphatic carbocycles. The normalized spacial score (nSPS) is 23.4. The lowest BCUT2D eigenvalue weighted by molar-refractivity contribution is -0.0639. The fourth-order valence-electron chi connectivity index (χ4n) is 3.50. The standard InChI is InChI=1S/C20H26N2O5S/c23-12-11-21(13-17-7-3-1-4-8-17)15-20(25)16-22(14-19(20)24)28(26,27)18-9-5-2-6-10-18/h1-10,19,23-25H,11-16H2/t19-,20+/m1/s1. The Morgan fingerprint density at radius 1 is 1.07 bits per heavy atom. The highest BCUT2D eigenvalue weighted by Crippen LogP contribution is 2.29. The summed E-state index contributed by atoms with van der Waals surface area (Å²) in [5.41, 5.74) is -0.619. The second-order valence-electron chi connectivity index (χ2n) is 7.15. The summed E-state index contributed by atoms with van der Waals surface area (Å²) < 4.78 is 26.8. The summed E-state index contributed by atoms with van der Waals surface area (Å²) >= 11 is 0. The SMILES string of the molecule is O=S(=O)(c1ccccc1)N1C[C@@H](O)[C@](O)(CN(CCO)Cc2ccccc2)C1. The Bertz CT molecular complexity index is 863. The van der Waals surface area contributed by atoms with Gasteiger partial charge >= 0.3 is 0 Å². The van der Waals surface area contributed by atoms with Crippen LogP contribution in [0.3, 0.4) is 0 Å². The number of rotatable bonds is 8. The zero-order valence-electron chi connectivity index (χ0n) is 15.6. The molecule has 152 valence electrons. The van der Waals surface area contributed by atoms with Crippen molar-refractivity contribution in [2.24, 2.45) is 0 Å². The summed E-state index contributed by atoms with van der Waals surface area (Å²) in [4.78, 5) is 1.94. The molecule has 8 heteroatoms. The zero-order valence-corrected chi connectivity index (χ0v) is 16.4. The first-order valence-corrected chi connectivity index (χ1v) is 10.6. The smallest absolute Gasteiger partial charge is 0.243 e. The van der Waals surface area contributed by atoms with Gasteiger partial charge in [-0.25, -0.2) is 8.42 Å². The Kier molecular flexibility index (Phi) is 6.49. The maximum Gasteiger partial charge on any atom is 0.243 e. The van der Waals surface area contributed by atoms with Crippen molar-refractivity contribution in [1.29, 1.82) is 0 Å². The van der Waals surface area contributed by atoms with E-state index in [0.29, 0.717) is 13.1 Å². The number of aliphatic hydroxyl groups excluding tert-OH is 2. The van der Waals surface area contributed by atoms with E-state index in [1.54, 1.807) is 18.2 Å². The van der Waals surface area contributed by atoms with Gasteiger partial charge in [0.1, 0.15) is 5.60 Å². The summed E-state index contributed by atoms with van der Waals surface area (Å²) in [6.45, 7) is 0.334. The predicted octanol–water partition coefficient (Wildman–Crippen LogP) is 0.277. The van der Waals surface area contributed by atoms with Crippen LogP contribution in [0.15, 0.2) is 65.6 Å². The molecule has 2 aromatic rings. The van der Waals surface area contributed by atoms with Crippen molar-refractivity contribution in [3.63, 3.8) is 0 Å². The third-order valence-corrected chi connectivity index (χ3v) is 6.82. The van der Waals surface area contributed by atoms with Crippen LogP contribution in [0.1, 0.15) is 5.56 Å². The topological polar surface area (TPSA) is 101 Å². The number of aliphatic hydroxyl groups is 3. The molecule has 1 saturated heterocycles. The number of benzene rings is 2. The molecule has 0 bridgehead atoms. The van der Waals surface area contributed by atoms with Crippen LogP contribution in [0.2, 0.25) is 0 Å². The molecule has 28 heavy (non-hydrogen) atoms. The van der Waals surface area contributed by atoms with Gasteiger partial charge in [0.05, 0.1) is 17.6 Å². The first-order chi connectivity index (χ1) is 13.3. The van der Waals surface area contributed by atoms with E-state index >= 15 is 0 Å². The summed E-state index contributed by atoms with van der Waals surface area (Å²) in [6.07, 6.45) is -1.22. The third-order valence-electron chi connectivity index (χ3n) is 4.99. The third kappa shape index (κ3) is 4.60. The lowest BCUT2D eigenvalue weighted by Gasteiger charge is -2.33. The molecule has 3 N–H and O–H groups in total. The molecule has 1 heterocycles. The fraction of sp³-hybridized carbons (Fsp3) is 0.400. The highest BCUT2D eigenvalue weighted by Gasteiger charge is 2.49. The van der Waals surface area contributed by atoms with Gasteiger partial charge in [0.25, 0.3) is 0 Å². The van der Waals surface area contributed by atoms with E-state index in [2.05, 4.69) is 0 Å². The lowest BCUT2D eigenvalue weighted by Crippen LogP contribution is -2.51. The minimum absolute atomic E-state index is 0.0461. The van der Waals surface area contributed by atoms with Gasteiger partial charge in [0.2, 0.25) is 10.0 Å². The van der Waals surface area contributed by atoms with Gasteiger partial charge in [-0.1, -0.05) is 48.5 Å². The van der Waals surface area contributed by atoms with Gasteiger partial charge in [-0.15, -0.1) is 0 Å². The average molecular weight is 407 g/mol. The quantitative estimate of drug-likeness (QED) is 0.582. The second kappa shape index (κ2) is 8.69. The molecule has 3 rings (SSSR count). The van der Waals surface area contributed by atoms with Crippen LogP contribution in [-0.2, 0) is 16.6 Å². The molecule has 1 fully saturated rings. The van der Waals surface area contributed by atoms with Crippen LogP contribution in [-0.4, -0.2) is 77.4 Å². The highest BCUT2D eigenvalue weighted by atomic mass is 32.2. The molecule has 1 aliphatic rings. The van der Waals surface area contributed by atoms with Crippen LogP contribution in [0.25, 0.3) is 0 Å². The summed E-state index contributed by atoms with van der Waals surface area (Å²) in [5.74, 6) is 0. The Morgan fingerprint density at radius 2 is 1.68 bits per heavy atom. The molecule has 0 spiro atoms. The molecule has 0 aromatic heterocycles. The molecule has 7 nitrogen and oxygen atoms in total. The van der Waals surface area contributed by atoms with E-state index in [9.17, 15) is 23.7 Å². The Morgan fingerprint density at radius 3 is 2.29 bits per heavy atom.